The van der Waals surface area contributed by atoms with Crippen molar-refractivity contribution in [1.29, 1.82) is 0 Å². The minimum atomic E-state index is -0.671. The number of non-ortho nitro benzene ring substituents is 1. The molecule has 1 saturated heterocycles. The van der Waals surface area contributed by atoms with Gasteiger partial charge >= 0.3 is 0 Å². The zero-order chi connectivity index (χ0) is 13.8. The Morgan fingerprint density at radius 2 is 2.37 bits per heavy atom. The van der Waals surface area contributed by atoms with Gasteiger partial charge in [-0.1, -0.05) is 0 Å². The van der Waals surface area contributed by atoms with E-state index in [0.717, 1.165) is 32.0 Å². The lowest BCUT2D eigenvalue weighted by atomic mass is 9.91. The topological polar surface area (TPSA) is 64.4 Å². The first-order valence-corrected chi connectivity index (χ1v) is 6.33. The first kappa shape index (κ1) is 13.7. The van der Waals surface area contributed by atoms with Crippen LogP contribution in [0.3, 0.4) is 0 Å². The summed E-state index contributed by atoms with van der Waals surface area (Å²) in [7, 11) is 1.38. The molecule has 1 aromatic carbocycles. The molecule has 1 atom stereocenters. The molecule has 1 N–H and O–H groups in total. The van der Waals surface area contributed by atoms with Crippen molar-refractivity contribution in [3.63, 3.8) is 0 Å². The summed E-state index contributed by atoms with van der Waals surface area (Å²) in [5.74, 6) is -0.185. The molecule has 19 heavy (non-hydrogen) atoms. The highest BCUT2D eigenvalue weighted by Gasteiger charge is 2.21. The molecule has 2 rings (SSSR count). The molecule has 5 nitrogen and oxygen atoms in total. The van der Waals surface area contributed by atoms with Gasteiger partial charge in [-0.25, -0.2) is 4.39 Å². The minimum Gasteiger partial charge on any atom is -0.493 e. The first-order valence-electron chi connectivity index (χ1n) is 6.33. The standard InChI is InChI=1S/C13H17FN2O3/c1-19-13-10(5-9-3-2-4-15-8-9)6-11(16(17)18)7-12(13)14/h6-7,9,15H,2-5,8H2,1H3. The van der Waals surface area contributed by atoms with Crippen molar-refractivity contribution in [2.45, 2.75) is 19.3 Å². The third kappa shape index (κ3) is 3.20. The van der Waals surface area contributed by atoms with Crippen molar-refractivity contribution >= 4 is 5.69 Å². The Bertz CT molecular complexity index is 473. The average Bonchev–Trinajstić information content (AvgIpc) is 2.39. The molecule has 0 radical (unpaired) electrons. The maximum Gasteiger partial charge on any atom is 0.272 e. The monoisotopic (exact) mass is 268 g/mol. The molecule has 0 bridgehead atoms. The van der Waals surface area contributed by atoms with Gasteiger partial charge in [0.1, 0.15) is 0 Å². The fourth-order valence-electron chi connectivity index (χ4n) is 2.53. The van der Waals surface area contributed by atoms with Crippen LogP contribution in [0.5, 0.6) is 5.75 Å². The highest BCUT2D eigenvalue weighted by atomic mass is 19.1. The van der Waals surface area contributed by atoms with Gasteiger partial charge in [0.15, 0.2) is 11.6 Å². The lowest BCUT2D eigenvalue weighted by Crippen LogP contribution is -2.31. The van der Waals surface area contributed by atoms with Crippen molar-refractivity contribution in [3.8, 4) is 5.75 Å². The Kier molecular flexibility index (Phi) is 4.31. The lowest BCUT2D eigenvalue weighted by molar-refractivity contribution is -0.385. The number of hydrogen-bond acceptors (Lipinski definition) is 4. The third-order valence-corrected chi connectivity index (χ3v) is 3.43. The molecule has 0 aliphatic carbocycles. The van der Waals surface area contributed by atoms with Crippen LogP contribution in [0.1, 0.15) is 18.4 Å². The number of nitro benzene ring substituents is 1. The molecule has 1 aromatic rings. The van der Waals surface area contributed by atoms with E-state index in [-0.39, 0.29) is 11.4 Å². The second-order valence-electron chi connectivity index (χ2n) is 4.79. The molecule has 0 amide bonds. The van der Waals surface area contributed by atoms with Gasteiger partial charge in [-0.05, 0) is 38.3 Å². The quantitative estimate of drug-likeness (QED) is 0.672. The van der Waals surface area contributed by atoms with E-state index in [0.29, 0.717) is 17.9 Å². The van der Waals surface area contributed by atoms with Crippen molar-refractivity contribution < 1.29 is 14.1 Å². The van der Waals surface area contributed by atoms with Gasteiger partial charge in [-0.15, -0.1) is 0 Å². The van der Waals surface area contributed by atoms with Crippen LogP contribution in [0, 0.1) is 21.8 Å². The van der Waals surface area contributed by atoms with Crippen LogP contribution in [0.4, 0.5) is 10.1 Å². The minimum absolute atomic E-state index is 0.121. The van der Waals surface area contributed by atoms with Crippen LogP contribution in [-0.4, -0.2) is 25.1 Å². The molecule has 1 aliphatic heterocycles. The number of nitrogens with zero attached hydrogens (tertiary/aromatic N) is 1. The molecule has 104 valence electrons. The number of halogens is 1. The van der Waals surface area contributed by atoms with E-state index >= 15 is 0 Å². The van der Waals surface area contributed by atoms with Gasteiger partial charge in [0.05, 0.1) is 18.1 Å². The van der Waals surface area contributed by atoms with Crippen LogP contribution in [-0.2, 0) is 6.42 Å². The highest BCUT2D eigenvalue weighted by Crippen LogP contribution is 2.31. The average molecular weight is 268 g/mol. The summed E-state index contributed by atoms with van der Waals surface area (Å²) in [4.78, 5) is 10.2. The number of hydrogen-bond donors (Lipinski definition) is 1. The number of ether oxygens (including phenoxy) is 1. The number of benzene rings is 1. The molecule has 0 saturated carbocycles. The summed E-state index contributed by atoms with van der Waals surface area (Å²) in [5.41, 5.74) is 0.347. The molecule has 0 aromatic heterocycles. The van der Waals surface area contributed by atoms with Gasteiger partial charge in [0.25, 0.3) is 5.69 Å². The summed E-state index contributed by atoms with van der Waals surface area (Å²) in [6.07, 6.45) is 2.71. The zero-order valence-electron chi connectivity index (χ0n) is 10.8. The molecule has 1 fully saturated rings. The number of methoxy groups -OCH3 is 1. The maximum absolute atomic E-state index is 13.8. The molecule has 1 aliphatic rings. The van der Waals surface area contributed by atoms with Crippen molar-refractivity contribution in [2.24, 2.45) is 5.92 Å². The summed E-state index contributed by atoms with van der Waals surface area (Å²) in [6, 6.07) is 2.32. The van der Waals surface area contributed by atoms with Crippen LogP contribution in [0.2, 0.25) is 0 Å². The van der Waals surface area contributed by atoms with E-state index in [4.69, 9.17) is 4.74 Å². The van der Waals surface area contributed by atoms with E-state index in [2.05, 4.69) is 5.32 Å². The number of nitro groups is 1. The van der Waals surface area contributed by atoms with Crippen LogP contribution in [0.25, 0.3) is 0 Å². The molecule has 0 spiro atoms. The van der Waals surface area contributed by atoms with Crippen LogP contribution < -0.4 is 10.1 Å². The van der Waals surface area contributed by atoms with Crippen molar-refractivity contribution in [3.05, 3.63) is 33.6 Å². The Labute approximate surface area is 110 Å². The smallest absolute Gasteiger partial charge is 0.272 e. The van der Waals surface area contributed by atoms with Gasteiger partial charge in [0.2, 0.25) is 0 Å². The van der Waals surface area contributed by atoms with Crippen LogP contribution >= 0.6 is 0 Å². The summed E-state index contributed by atoms with van der Waals surface area (Å²) in [6.45, 7) is 1.85. The van der Waals surface area contributed by atoms with Crippen molar-refractivity contribution in [2.75, 3.05) is 20.2 Å². The number of rotatable bonds is 4. The van der Waals surface area contributed by atoms with E-state index in [1.807, 2.05) is 0 Å². The normalized spacial score (nSPS) is 19.2. The number of nitrogens with one attached hydrogen (secondary N) is 1. The Hall–Kier alpha value is -1.69. The lowest BCUT2D eigenvalue weighted by Gasteiger charge is -2.23. The zero-order valence-corrected chi connectivity index (χ0v) is 10.8. The molecule has 6 heteroatoms. The fraction of sp³-hybridized carbons (Fsp3) is 0.538. The second kappa shape index (κ2) is 5.97. The summed E-state index contributed by atoms with van der Waals surface area (Å²) in [5, 5.41) is 14.1. The van der Waals surface area contributed by atoms with Gasteiger partial charge < -0.3 is 10.1 Å². The summed E-state index contributed by atoms with van der Waals surface area (Å²) >= 11 is 0. The Balaban J connectivity index is 2.27. The fourth-order valence-corrected chi connectivity index (χ4v) is 2.53. The third-order valence-electron chi connectivity index (χ3n) is 3.43. The predicted molar refractivity (Wildman–Crippen MR) is 68.9 cm³/mol. The molecular formula is C13H17FN2O3. The SMILES string of the molecule is COc1c(F)cc([N+](=O)[O-])cc1CC1CCCNC1. The van der Waals surface area contributed by atoms with Crippen LogP contribution in [0.15, 0.2) is 12.1 Å². The largest absolute Gasteiger partial charge is 0.493 e. The molecule has 1 heterocycles. The predicted octanol–water partition coefficient (Wildman–Crippen LogP) is 2.28. The van der Waals surface area contributed by atoms with E-state index in [1.165, 1.54) is 13.2 Å². The second-order valence-corrected chi connectivity index (χ2v) is 4.79. The maximum atomic E-state index is 13.8. The highest BCUT2D eigenvalue weighted by molar-refractivity contribution is 5.45. The molecular weight excluding hydrogens is 251 g/mol. The Morgan fingerprint density at radius 3 is 2.95 bits per heavy atom. The summed E-state index contributed by atoms with van der Waals surface area (Å²) < 4.78 is 18.8. The van der Waals surface area contributed by atoms with E-state index in [1.54, 1.807) is 0 Å². The number of piperidine rings is 1. The Morgan fingerprint density at radius 1 is 1.58 bits per heavy atom. The van der Waals surface area contributed by atoms with E-state index < -0.39 is 10.7 Å². The van der Waals surface area contributed by atoms with E-state index in [9.17, 15) is 14.5 Å². The molecule has 1 unspecified atom stereocenters. The van der Waals surface area contributed by atoms with Gasteiger partial charge in [0, 0.05) is 11.6 Å². The van der Waals surface area contributed by atoms with Crippen molar-refractivity contribution in [1.82, 2.24) is 5.32 Å². The first-order chi connectivity index (χ1) is 9.11. The van der Waals surface area contributed by atoms with Gasteiger partial charge in [-0.3, -0.25) is 10.1 Å². The van der Waals surface area contributed by atoms with Gasteiger partial charge in [-0.2, -0.15) is 0 Å².